The molecule has 3 aromatic rings. The van der Waals surface area contributed by atoms with E-state index in [1.807, 2.05) is 48.5 Å². The van der Waals surface area contributed by atoms with Gasteiger partial charge in [-0.25, -0.2) is 9.97 Å². The van der Waals surface area contributed by atoms with Crippen molar-refractivity contribution in [2.45, 2.75) is 25.4 Å². The lowest BCUT2D eigenvalue weighted by Crippen LogP contribution is -2.24. The van der Waals surface area contributed by atoms with Crippen LogP contribution in [0.4, 0.5) is 10.9 Å². The molecule has 1 amide bonds. The second kappa shape index (κ2) is 9.48. The van der Waals surface area contributed by atoms with Gasteiger partial charge in [-0.3, -0.25) is 9.69 Å². The molecule has 1 aliphatic heterocycles. The summed E-state index contributed by atoms with van der Waals surface area (Å²) in [5.41, 5.74) is 2.37. The third kappa shape index (κ3) is 4.82. The van der Waals surface area contributed by atoms with E-state index in [4.69, 9.17) is 10.2 Å². The number of hydrogen-bond acceptors (Lipinski definition) is 7. The van der Waals surface area contributed by atoms with Crippen molar-refractivity contribution in [2.24, 2.45) is 0 Å². The number of rotatable bonds is 7. The van der Waals surface area contributed by atoms with Crippen molar-refractivity contribution in [1.29, 1.82) is 5.26 Å². The van der Waals surface area contributed by atoms with Crippen molar-refractivity contribution in [1.82, 2.24) is 20.2 Å². The minimum Gasteiger partial charge on any atom is -0.347 e. The zero-order valence-corrected chi connectivity index (χ0v) is 17.2. The molecule has 3 heterocycles. The van der Waals surface area contributed by atoms with E-state index in [0.717, 1.165) is 30.6 Å². The maximum Gasteiger partial charge on any atom is 0.271 e. The van der Waals surface area contributed by atoms with Crippen LogP contribution in [0.5, 0.6) is 0 Å². The number of pyridine rings is 1. The first kappa shape index (κ1) is 20.0. The van der Waals surface area contributed by atoms with Crippen LogP contribution < -0.4 is 10.6 Å². The third-order valence-electron chi connectivity index (χ3n) is 5.02. The number of carbonyl (C=O) groups is 1. The minimum absolute atomic E-state index is 0.169. The average molecular weight is 419 g/mol. The van der Waals surface area contributed by atoms with Gasteiger partial charge in [0.05, 0.1) is 24.3 Å². The molecule has 30 heavy (non-hydrogen) atoms. The van der Waals surface area contributed by atoms with Crippen LogP contribution in [0.25, 0.3) is 0 Å². The summed E-state index contributed by atoms with van der Waals surface area (Å²) in [6, 6.07) is 18.0. The smallest absolute Gasteiger partial charge is 0.271 e. The van der Waals surface area contributed by atoms with E-state index in [1.165, 1.54) is 11.3 Å². The maximum atomic E-state index is 12.4. The molecule has 0 unspecified atom stereocenters. The normalized spacial score (nSPS) is 16.2. The molecule has 0 saturated carbocycles. The number of nitriles is 1. The van der Waals surface area contributed by atoms with Gasteiger partial charge >= 0.3 is 0 Å². The van der Waals surface area contributed by atoms with Crippen molar-refractivity contribution in [3.05, 3.63) is 70.9 Å². The number of hydrogen-bond donors (Lipinski definition) is 2. The van der Waals surface area contributed by atoms with Gasteiger partial charge in [0.25, 0.3) is 5.91 Å². The van der Waals surface area contributed by atoms with E-state index in [0.29, 0.717) is 29.7 Å². The quantitative estimate of drug-likeness (QED) is 0.566. The van der Waals surface area contributed by atoms with Crippen LogP contribution in [-0.4, -0.2) is 33.9 Å². The van der Waals surface area contributed by atoms with E-state index in [-0.39, 0.29) is 11.9 Å². The van der Waals surface area contributed by atoms with Crippen LogP contribution >= 0.6 is 11.3 Å². The molecule has 7 nitrogen and oxygen atoms in total. The maximum absolute atomic E-state index is 12.4. The average Bonchev–Trinajstić information content (AvgIpc) is 3.43. The molecular formula is C22H22N6OS. The summed E-state index contributed by atoms with van der Waals surface area (Å²) < 4.78 is 0. The fourth-order valence-electron chi connectivity index (χ4n) is 3.56. The van der Waals surface area contributed by atoms with Gasteiger partial charge in [0.2, 0.25) is 0 Å². The van der Waals surface area contributed by atoms with E-state index < -0.39 is 0 Å². The molecule has 4 rings (SSSR count). The van der Waals surface area contributed by atoms with E-state index >= 15 is 0 Å². The molecule has 0 spiro atoms. The van der Waals surface area contributed by atoms with E-state index in [9.17, 15) is 4.79 Å². The summed E-state index contributed by atoms with van der Waals surface area (Å²) in [7, 11) is 0. The van der Waals surface area contributed by atoms with E-state index in [2.05, 4.69) is 26.6 Å². The molecule has 1 aliphatic rings. The lowest BCUT2D eigenvalue weighted by atomic mass is 10.1. The number of likely N-dealkylation sites (tertiary alicyclic amines) is 1. The predicted octanol–water partition coefficient (Wildman–Crippen LogP) is 3.87. The summed E-state index contributed by atoms with van der Waals surface area (Å²) in [4.78, 5) is 23.6. The highest BCUT2D eigenvalue weighted by molar-refractivity contribution is 7.14. The largest absolute Gasteiger partial charge is 0.347 e. The number of aromatic nitrogens is 2. The standard InChI is InChI=1S/C22H22N6OS/c23-11-13-28-12-5-9-19(28)17-8-4-10-20(25-17)27-22-26-18(15-30-22)21(29)24-14-16-6-2-1-3-7-16/h1-4,6-8,10,15,19H,5,9,12-14H2,(H,24,29)(H,25,26,27)/t19-/m0/s1. The lowest BCUT2D eigenvalue weighted by Gasteiger charge is -2.21. The Morgan fingerprint density at radius 1 is 1.20 bits per heavy atom. The second-order valence-electron chi connectivity index (χ2n) is 7.07. The Labute approximate surface area is 179 Å². The van der Waals surface area contributed by atoms with Crippen LogP contribution in [0.15, 0.2) is 53.9 Å². The van der Waals surface area contributed by atoms with Gasteiger partial charge in [-0.1, -0.05) is 36.4 Å². The number of benzene rings is 1. The topological polar surface area (TPSA) is 93.9 Å². The van der Waals surface area contributed by atoms with Gasteiger partial charge in [-0.05, 0) is 37.1 Å². The molecule has 2 aromatic heterocycles. The summed E-state index contributed by atoms with van der Waals surface area (Å²) >= 11 is 1.36. The molecule has 1 aromatic carbocycles. The van der Waals surface area contributed by atoms with Crippen LogP contribution in [0, 0.1) is 11.3 Å². The summed E-state index contributed by atoms with van der Waals surface area (Å²) in [5, 5.41) is 17.5. The molecule has 1 fully saturated rings. The summed E-state index contributed by atoms with van der Waals surface area (Å²) in [6.45, 7) is 1.80. The molecule has 152 valence electrons. The van der Waals surface area contributed by atoms with Crippen LogP contribution in [-0.2, 0) is 6.54 Å². The van der Waals surface area contributed by atoms with Gasteiger partial charge in [-0.2, -0.15) is 5.26 Å². The first-order valence-corrected chi connectivity index (χ1v) is 10.7. The van der Waals surface area contributed by atoms with Gasteiger partial charge in [0, 0.05) is 11.9 Å². The molecule has 0 aliphatic carbocycles. The number of anilines is 2. The highest BCUT2D eigenvalue weighted by Gasteiger charge is 2.26. The van der Waals surface area contributed by atoms with Gasteiger partial charge in [0.15, 0.2) is 5.13 Å². The number of nitrogens with one attached hydrogen (secondary N) is 2. The van der Waals surface area contributed by atoms with Crippen molar-refractivity contribution in [3.63, 3.8) is 0 Å². The van der Waals surface area contributed by atoms with Crippen molar-refractivity contribution in [2.75, 3.05) is 18.4 Å². The fourth-order valence-corrected chi connectivity index (χ4v) is 4.26. The summed E-state index contributed by atoms with van der Waals surface area (Å²) in [6.07, 6.45) is 2.07. The Bertz CT molecular complexity index is 1050. The van der Waals surface area contributed by atoms with Crippen molar-refractivity contribution >= 4 is 28.2 Å². The Morgan fingerprint density at radius 3 is 2.90 bits per heavy atom. The monoisotopic (exact) mass is 418 g/mol. The Morgan fingerprint density at radius 2 is 2.07 bits per heavy atom. The molecule has 1 saturated heterocycles. The highest BCUT2D eigenvalue weighted by Crippen LogP contribution is 2.31. The minimum atomic E-state index is -0.206. The molecule has 1 atom stereocenters. The van der Waals surface area contributed by atoms with Gasteiger partial charge in [-0.15, -0.1) is 11.3 Å². The zero-order valence-electron chi connectivity index (χ0n) is 16.4. The molecule has 2 N–H and O–H groups in total. The first-order chi connectivity index (χ1) is 14.7. The van der Waals surface area contributed by atoms with Gasteiger partial charge in [0.1, 0.15) is 11.5 Å². The molecule has 8 heteroatoms. The van der Waals surface area contributed by atoms with Crippen LogP contribution in [0.1, 0.15) is 40.6 Å². The predicted molar refractivity (Wildman–Crippen MR) is 116 cm³/mol. The number of thiazole rings is 1. The number of carbonyl (C=O) groups excluding carboxylic acids is 1. The van der Waals surface area contributed by atoms with Gasteiger partial charge < -0.3 is 10.6 Å². The SMILES string of the molecule is N#CCN1CCC[C@H]1c1cccc(Nc2nc(C(=O)NCc3ccccc3)cs2)n1. The zero-order chi connectivity index (χ0) is 20.8. The van der Waals surface area contributed by atoms with Crippen molar-refractivity contribution < 1.29 is 4.79 Å². The first-order valence-electron chi connectivity index (χ1n) is 9.85. The van der Waals surface area contributed by atoms with E-state index in [1.54, 1.807) is 5.38 Å². The Hall–Kier alpha value is -3.28. The van der Waals surface area contributed by atoms with Crippen LogP contribution in [0.2, 0.25) is 0 Å². The highest BCUT2D eigenvalue weighted by atomic mass is 32.1. The molecular weight excluding hydrogens is 396 g/mol. The number of amides is 1. The molecule has 0 bridgehead atoms. The third-order valence-corrected chi connectivity index (χ3v) is 5.77. The number of nitrogens with zero attached hydrogens (tertiary/aromatic N) is 4. The summed E-state index contributed by atoms with van der Waals surface area (Å²) in [5.74, 6) is 0.477. The van der Waals surface area contributed by atoms with Crippen LogP contribution in [0.3, 0.4) is 0 Å². The van der Waals surface area contributed by atoms with Crippen molar-refractivity contribution in [3.8, 4) is 6.07 Å². The molecule has 0 radical (unpaired) electrons. The Balaban J connectivity index is 1.39. The second-order valence-corrected chi connectivity index (χ2v) is 7.92. The fraction of sp³-hybridized carbons (Fsp3) is 0.273. The Kier molecular flexibility index (Phi) is 6.32. The lowest BCUT2D eigenvalue weighted by molar-refractivity contribution is 0.0946.